The van der Waals surface area contributed by atoms with Gasteiger partial charge in [0.25, 0.3) is 0 Å². The monoisotopic (exact) mass is 133 g/mol. The molecule has 0 radical (unpaired) electrons. The molecular weight excluding hydrogens is 122 g/mol. The van der Waals surface area contributed by atoms with Crippen molar-refractivity contribution in [3.8, 4) is 0 Å². The first-order valence-corrected chi connectivity index (χ1v) is 3.60. The number of rotatable bonds is 0. The lowest BCUT2D eigenvalue weighted by molar-refractivity contribution is 0.382. The van der Waals surface area contributed by atoms with Crippen molar-refractivity contribution in [1.82, 2.24) is 5.32 Å². The summed E-state index contributed by atoms with van der Waals surface area (Å²) in [5.74, 6) is 0.824. The van der Waals surface area contributed by atoms with E-state index in [0.717, 1.165) is 18.9 Å². The van der Waals surface area contributed by atoms with Crippen LogP contribution in [0.5, 0.6) is 0 Å². The van der Waals surface area contributed by atoms with Crippen LogP contribution >= 0.6 is 11.6 Å². The van der Waals surface area contributed by atoms with Gasteiger partial charge in [-0.2, -0.15) is 0 Å². The lowest BCUT2D eigenvalue weighted by Crippen LogP contribution is -2.33. The number of hydrogen-bond donors (Lipinski definition) is 1. The summed E-state index contributed by atoms with van der Waals surface area (Å²) in [6.07, 6.45) is 2.41. The van der Waals surface area contributed by atoms with E-state index in [-0.39, 0.29) is 5.50 Å². The first-order valence-electron chi connectivity index (χ1n) is 3.16. The molecule has 2 atom stereocenters. The predicted octanol–water partition coefficient (Wildman–Crippen LogP) is 1.57. The zero-order valence-corrected chi connectivity index (χ0v) is 5.91. The van der Waals surface area contributed by atoms with Gasteiger partial charge in [0.1, 0.15) is 0 Å². The maximum Gasteiger partial charge on any atom is 0.0825 e. The summed E-state index contributed by atoms with van der Waals surface area (Å²) in [5.41, 5.74) is 0.242. The molecule has 0 bridgehead atoms. The highest BCUT2D eigenvalue weighted by molar-refractivity contribution is 6.20. The maximum absolute atomic E-state index is 5.77. The van der Waals surface area contributed by atoms with Gasteiger partial charge in [-0.15, -0.1) is 11.6 Å². The summed E-state index contributed by atoms with van der Waals surface area (Å²) < 4.78 is 0. The molecule has 1 aliphatic rings. The lowest BCUT2D eigenvalue weighted by Gasteiger charge is -2.22. The van der Waals surface area contributed by atoms with Gasteiger partial charge >= 0.3 is 0 Å². The predicted molar refractivity (Wildman–Crippen MR) is 36.0 cm³/mol. The molecule has 1 aliphatic heterocycles. The van der Waals surface area contributed by atoms with Crippen molar-refractivity contribution in [3.63, 3.8) is 0 Å². The molecule has 2 heteroatoms. The molecule has 1 N–H and O–H groups in total. The minimum absolute atomic E-state index is 0.242. The Morgan fingerprint density at radius 3 is 2.62 bits per heavy atom. The van der Waals surface area contributed by atoms with Crippen LogP contribution < -0.4 is 5.32 Å². The van der Waals surface area contributed by atoms with Gasteiger partial charge in [0, 0.05) is 0 Å². The molecule has 1 fully saturated rings. The smallest absolute Gasteiger partial charge is 0.0825 e. The van der Waals surface area contributed by atoms with E-state index in [0.29, 0.717) is 0 Å². The Hall–Kier alpha value is 0.250. The second-order valence-corrected chi connectivity index (χ2v) is 3.09. The Balaban J connectivity index is 2.19. The highest BCUT2D eigenvalue weighted by Gasteiger charge is 2.13. The first-order chi connectivity index (χ1) is 3.79. The van der Waals surface area contributed by atoms with E-state index in [4.69, 9.17) is 11.6 Å². The molecule has 1 heterocycles. The van der Waals surface area contributed by atoms with Crippen LogP contribution in [0.15, 0.2) is 0 Å². The molecule has 0 amide bonds. The largest absolute Gasteiger partial charge is 0.301 e. The van der Waals surface area contributed by atoms with E-state index >= 15 is 0 Å². The molecule has 0 saturated carbocycles. The average Bonchev–Trinajstić information content (AvgIpc) is 1.77. The van der Waals surface area contributed by atoms with Crippen LogP contribution in [-0.4, -0.2) is 12.0 Å². The number of halogens is 1. The van der Waals surface area contributed by atoms with Crippen molar-refractivity contribution in [3.05, 3.63) is 0 Å². The molecule has 1 saturated heterocycles. The summed E-state index contributed by atoms with van der Waals surface area (Å²) in [4.78, 5) is 0. The zero-order valence-electron chi connectivity index (χ0n) is 5.15. The normalized spacial score (nSPS) is 39.8. The molecule has 0 aromatic heterocycles. The lowest BCUT2D eigenvalue weighted by atomic mass is 10.0. The standard InChI is InChI=1S/C6H12ClN/c1-5-2-3-6(7)8-4-5/h5-6,8H,2-4H2,1H3/t5-,6?/m0/s1. The van der Waals surface area contributed by atoms with E-state index in [1.807, 2.05) is 0 Å². The maximum atomic E-state index is 5.77. The molecule has 48 valence electrons. The van der Waals surface area contributed by atoms with Gasteiger partial charge in [-0.05, 0) is 25.3 Å². The summed E-state index contributed by atoms with van der Waals surface area (Å²) in [5, 5.41) is 3.20. The van der Waals surface area contributed by atoms with Gasteiger partial charge in [-0.1, -0.05) is 6.92 Å². The van der Waals surface area contributed by atoms with Crippen molar-refractivity contribution in [2.24, 2.45) is 5.92 Å². The fraction of sp³-hybridized carbons (Fsp3) is 1.00. The number of alkyl halides is 1. The second-order valence-electron chi connectivity index (χ2n) is 2.56. The van der Waals surface area contributed by atoms with Gasteiger partial charge in [0.2, 0.25) is 0 Å². The number of piperidine rings is 1. The average molecular weight is 134 g/mol. The Labute approximate surface area is 55.4 Å². The highest BCUT2D eigenvalue weighted by Crippen LogP contribution is 2.14. The summed E-state index contributed by atoms with van der Waals surface area (Å²) in [7, 11) is 0. The fourth-order valence-electron chi connectivity index (χ4n) is 0.964. The van der Waals surface area contributed by atoms with Gasteiger partial charge in [0.05, 0.1) is 5.50 Å². The summed E-state index contributed by atoms with van der Waals surface area (Å²) in [6, 6.07) is 0. The molecule has 1 rings (SSSR count). The third-order valence-corrected chi connectivity index (χ3v) is 1.97. The van der Waals surface area contributed by atoms with Gasteiger partial charge in [-0.25, -0.2) is 0 Å². The molecule has 0 aromatic carbocycles. The van der Waals surface area contributed by atoms with E-state index in [1.165, 1.54) is 6.42 Å². The molecule has 1 unspecified atom stereocenters. The molecule has 0 aromatic rings. The Bertz CT molecular complexity index is 56.9. The Kier molecular flexibility index (Phi) is 2.15. The van der Waals surface area contributed by atoms with Gasteiger partial charge in [0.15, 0.2) is 0 Å². The van der Waals surface area contributed by atoms with Crippen LogP contribution in [0.4, 0.5) is 0 Å². The van der Waals surface area contributed by atoms with Crippen LogP contribution in [0.1, 0.15) is 19.8 Å². The van der Waals surface area contributed by atoms with E-state index in [1.54, 1.807) is 0 Å². The number of nitrogens with one attached hydrogen (secondary N) is 1. The SMILES string of the molecule is C[C@H]1CCC(Cl)NC1. The minimum Gasteiger partial charge on any atom is -0.301 e. The number of hydrogen-bond acceptors (Lipinski definition) is 1. The van der Waals surface area contributed by atoms with Gasteiger partial charge < -0.3 is 5.32 Å². The zero-order chi connectivity index (χ0) is 5.98. The molecule has 8 heavy (non-hydrogen) atoms. The van der Waals surface area contributed by atoms with E-state index in [9.17, 15) is 0 Å². The van der Waals surface area contributed by atoms with Crippen LogP contribution in [0, 0.1) is 5.92 Å². The summed E-state index contributed by atoms with van der Waals surface area (Å²) in [6.45, 7) is 3.34. The van der Waals surface area contributed by atoms with E-state index < -0.39 is 0 Å². The topological polar surface area (TPSA) is 12.0 Å². The van der Waals surface area contributed by atoms with Crippen molar-refractivity contribution in [2.45, 2.75) is 25.3 Å². The van der Waals surface area contributed by atoms with Crippen molar-refractivity contribution >= 4 is 11.6 Å². The molecule has 1 nitrogen and oxygen atoms in total. The third kappa shape index (κ3) is 1.64. The van der Waals surface area contributed by atoms with Crippen LogP contribution in [-0.2, 0) is 0 Å². The van der Waals surface area contributed by atoms with Crippen molar-refractivity contribution in [2.75, 3.05) is 6.54 Å². The van der Waals surface area contributed by atoms with Crippen molar-refractivity contribution < 1.29 is 0 Å². The summed E-state index contributed by atoms with van der Waals surface area (Å²) >= 11 is 5.77. The first kappa shape index (κ1) is 6.37. The molecular formula is C6H12ClN. The fourth-order valence-corrected chi connectivity index (χ4v) is 1.18. The molecule has 0 spiro atoms. The third-order valence-electron chi connectivity index (χ3n) is 1.60. The van der Waals surface area contributed by atoms with Crippen LogP contribution in [0.2, 0.25) is 0 Å². The minimum atomic E-state index is 0.242. The van der Waals surface area contributed by atoms with Gasteiger partial charge in [-0.3, -0.25) is 0 Å². The second kappa shape index (κ2) is 2.70. The van der Waals surface area contributed by atoms with Crippen LogP contribution in [0.3, 0.4) is 0 Å². The molecule has 0 aliphatic carbocycles. The van der Waals surface area contributed by atoms with Crippen molar-refractivity contribution in [1.29, 1.82) is 0 Å². The highest BCUT2D eigenvalue weighted by atomic mass is 35.5. The Morgan fingerprint density at radius 1 is 1.50 bits per heavy atom. The Morgan fingerprint density at radius 2 is 2.25 bits per heavy atom. The van der Waals surface area contributed by atoms with Crippen LogP contribution in [0.25, 0.3) is 0 Å². The quantitative estimate of drug-likeness (QED) is 0.391. The van der Waals surface area contributed by atoms with E-state index in [2.05, 4.69) is 12.2 Å².